The maximum absolute atomic E-state index is 5.78. The van der Waals surface area contributed by atoms with E-state index in [0.717, 1.165) is 25.0 Å². The van der Waals surface area contributed by atoms with Crippen molar-refractivity contribution in [2.45, 2.75) is 46.1 Å². The minimum absolute atomic E-state index is 0.0485. The maximum Gasteiger partial charge on any atom is 0.0633 e. The summed E-state index contributed by atoms with van der Waals surface area (Å²) in [6.07, 6.45) is 7.11. The highest BCUT2D eigenvalue weighted by Gasteiger charge is 2.20. The average Bonchev–Trinajstić information content (AvgIpc) is 2.79. The molecule has 1 aromatic heterocycles. The molecule has 1 heterocycles. The topological polar surface area (TPSA) is 43.8 Å². The van der Waals surface area contributed by atoms with Gasteiger partial charge < -0.3 is 5.73 Å². The maximum atomic E-state index is 5.78. The predicted octanol–water partition coefficient (Wildman–Crippen LogP) is 2.94. The normalized spacial score (nSPS) is 14.9. The Hall–Kier alpha value is -1.09. The summed E-state index contributed by atoms with van der Waals surface area (Å²) in [7, 11) is 0. The fourth-order valence-corrected chi connectivity index (χ4v) is 1.98. The molecule has 0 spiro atoms. The van der Waals surface area contributed by atoms with Gasteiger partial charge in [0.1, 0.15) is 0 Å². The molecule has 0 aliphatic heterocycles. The van der Waals surface area contributed by atoms with Crippen LogP contribution in [0.15, 0.2) is 24.9 Å². The predicted molar refractivity (Wildman–Crippen MR) is 72.9 cm³/mol. The smallest absolute Gasteiger partial charge is 0.0633 e. The summed E-state index contributed by atoms with van der Waals surface area (Å²) in [5, 5.41) is 4.65. The van der Waals surface area contributed by atoms with E-state index in [1.807, 2.05) is 6.08 Å². The molecular weight excluding hydrogens is 210 g/mol. The lowest BCUT2D eigenvalue weighted by Crippen LogP contribution is -2.27. The summed E-state index contributed by atoms with van der Waals surface area (Å²) < 4.78 is 2.08. The first-order chi connectivity index (χ1) is 8.08. The molecule has 96 valence electrons. The van der Waals surface area contributed by atoms with Crippen molar-refractivity contribution in [1.29, 1.82) is 0 Å². The van der Waals surface area contributed by atoms with Gasteiger partial charge in [-0.05, 0) is 18.9 Å². The van der Waals surface area contributed by atoms with Crippen molar-refractivity contribution in [2.75, 3.05) is 6.54 Å². The standard InChI is InChI=1S/C14H25N3/c1-5-13(6-2)17-9-8-12(16-17)10-14(4,7-3)11-15/h7-9,13H,3,5-6,10-11,15H2,1-2,4H3. The van der Waals surface area contributed by atoms with Crippen LogP contribution in [0.3, 0.4) is 0 Å². The van der Waals surface area contributed by atoms with Gasteiger partial charge in [0.25, 0.3) is 0 Å². The van der Waals surface area contributed by atoms with Gasteiger partial charge in [0.15, 0.2) is 0 Å². The Morgan fingerprint density at radius 2 is 2.18 bits per heavy atom. The van der Waals surface area contributed by atoms with Crippen LogP contribution in [0.4, 0.5) is 0 Å². The Balaban J connectivity index is 2.78. The molecule has 0 bridgehead atoms. The van der Waals surface area contributed by atoms with Gasteiger partial charge in [0.2, 0.25) is 0 Å². The molecule has 3 nitrogen and oxygen atoms in total. The second-order valence-electron chi connectivity index (χ2n) is 5.00. The highest BCUT2D eigenvalue weighted by atomic mass is 15.3. The van der Waals surface area contributed by atoms with Crippen LogP contribution in [0.1, 0.15) is 45.3 Å². The fraction of sp³-hybridized carbons (Fsp3) is 0.643. The minimum atomic E-state index is -0.0485. The van der Waals surface area contributed by atoms with Gasteiger partial charge >= 0.3 is 0 Å². The lowest BCUT2D eigenvalue weighted by atomic mass is 9.86. The van der Waals surface area contributed by atoms with Crippen molar-refractivity contribution in [3.05, 3.63) is 30.6 Å². The second kappa shape index (κ2) is 6.01. The van der Waals surface area contributed by atoms with E-state index in [9.17, 15) is 0 Å². The first-order valence-corrected chi connectivity index (χ1v) is 6.46. The van der Waals surface area contributed by atoms with Gasteiger partial charge in [-0.1, -0.05) is 26.8 Å². The van der Waals surface area contributed by atoms with Gasteiger partial charge in [-0.2, -0.15) is 5.10 Å². The lowest BCUT2D eigenvalue weighted by Gasteiger charge is -2.22. The molecule has 0 fully saturated rings. The second-order valence-corrected chi connectivity index (χ2v) is 5.00. The van der Waals surface area contributed by atoms with E-state index in [-0.39, 0.29) is 5.41 Å². The molecule has 0 radical (unpaired) electrons. The van der Waals surface area contributed by atoms with Gasteiger partial charge in [-0.15, -0.1) is 6.58 Å². The van der Waals surface area contributed by atoms with Gasteiger partial charge in [-0.25, -0.2) is 0 Å². The van der Waals surface area contributed by atoms with E-state index in [1.54, 1.807) is 0 Å². The van der Waals surface area contributed by atoms with Gasteiger partial charge in [-0.3, -0.25) is 4.68 Å². The Morgan fingerprint density at radius 1 is 1.53 bits per heavy atom. The van der Waals surface area contributed by atoms with E-state index < -0.39 is 0 Å². The number of hydrogen-bond donors (Lipinski definition) is 1. The SMILES string of the molecule is C=CC(C)(CN)Cc1ccn(C(CC)CC)n1. The Morgan fingerprint density at radius 3 is 2.65 bits per heavy atom. The van der Waals surface area contributed by atoms with Crippen LogP contribution >= 0.6 is 0 Å². The van der Waals surface area contributed by atoms with Crippen LogP contribution in [-0.2, 0) is 6.42 Å². The molecule has 17 heavy (non-hydrogen) atoms. The monoisotopic (exact) mass is 235 g/mol. The first-order valence-electron chi connectivity index (χ1n) is 6.46. The summed E-state index contributed by atoms with van der Waals surface area (Å²) in [6, 6.07) is 2.60. The molecule has 1 rings (SSSR count). The zero-order chi connectivity index (χ0) is 12.9. The molecule has 1 aromatic rings. The van der Waals surface area contributed by atoms with Gasteiger partial charge in [0.05, 0.1) is 11.7 Å². The molecule has 0 aliphatic rings. The number of nitrogens with zero attached hydrogens (tertiary/aromatic N) is 2. The molecule has 0 aliphatic carbocycles. The Bertz CT molecular complexity index is 352. The zero-order valence-corrected chi connectivity index (χ0v) is 11.3. The zero-order valence-electron chi connectivity index (χ0n) is 11.3. The van der Waals surface area contributed by atoms with Crippen molar-refractivity contribution in [1.82, 2.24) is 9.78 Å². The van der Waals surface area contributed by atoms with E-state index in [0.29, 0.717) is 12.6 Å². The number of aromatic nitrogens is 2. The molecule has 0 saturated heterocycles. The van der Waals surface area contributed by atoms with Crippen LogP contribution in [0.2, 0.25) is 0 Å². The molecule has 2 N–H and O–H groups in total. The molecule has 1 unspecified atom stereocenters. The van der Waals surface area contributed by atoms with Crippen molar-refractivity contribution >= 4 is 0 Å². The quantitative estimate of drug-likeness (QED) is 0.738. The molecule has 0 amide bonds. The minimum Gasteiger partial charge on any atom is -0.330 e. The van der Waals surface area contributed by atoms with Crippen LogP contribution in [0.5, 0.6) is 0 Å². The van der Waals surface area contributed by atoms with E-state index >= 15 is 0 Å². The number of hydrogen-bond acceptors (Lipinski definition) is 2. The summed E-state index contributed by atoms with van der Waals surface area (Å²) in [6.45, 7) is 11.0. The molecule has 0 saturated carbocycles. The lowest BCUT2D eigenvalue weighted by molar-refractivity contribution is 0.405. The van der Waals surface area contributed by atoms with Crippen molar-refractivity contribution in [2.24, 2.45) is 11.1 Å². The van der Waals surface area contributed by atoms with Crippen LogP contribution in [0, 0.1) is 5.41 Å². The fourth-order valence-electron chi connectivity index (χ4n) is 1.98. The average molecular weight is 235 g/mol. The Labute approximate surface area is 105 Å². The number of rotatable bonds is 7. The third-order valence-corrected chi connectivity index (χ3v) is 3.52. The highest BCUT2D eigenvalue weighted by molar-refractivity contribution is 5.07. The van der Waals surface area contributed by atoms with Crippen molar-refractivity contribution < 1.29 is 0 Å². The van der Waals surface area contributed by atoms with Crippen LogP contribution in [0.25, 0.3) is 0 Å². The first kappa shape index (κ1) is 14.0. The van der Waals surface area contributed by atoms with E-state index in [4.69, 9.17) is 5.73 Å². The molecule has 3 heteroatoms. The number of nitrogens with two attached hydrogens (primary N) is 1. The van der Waals surface area contributed by atoms with Crippen molar-refractivity contribution in [3.8, 4) is 0 Å². The summed E-state index contributed by atoms with van der Waals surface area (Å²) in [4.78, 5) is 0. The summed E-state index contributed by atoms with van der Waals surface area (Å²) in [5.74, 6) is 0. The Kier molecular flexibility index (Phi) is 4.94. The van der Waals surface area contributed by atoms with E-state index in [1.165, 1.54) is 0 Å². The van der Waals surface area contributed by atoms with E-state index in [2.05, 4.69) is 49.4 Å². The van der Waals surface area contributed by atoms with Crippen LogP contribution < -0.4 is 5.73 Å². The third kappa shape index (κ3) is 3.43. The molecule has 1 atom stereocenters. The summed E-state index contributed by atoms with van der Waals surface area (Å²) in [5.41, 5.74) is 6.83. The van der Waals surface area contributed by atoms with Crippen LogP contribution in [-0.4, -0.2) is 16.3 Å². The van der Waals surface area contributed by atoms with Gasteiger partial charge in [0, 0.05) is 24.6 Å². The van der Waals surface area contributed by atoms with Crippen molar-refractivity contribution in [3.63, 3.8) is 0 Å². The molecule has 0 aromatic carbocycles. The third-order valence-electron chi connectivity index (χ3n) is 3.52. The largest absolute Gasteiger partial charge is 0.330 e. The highest BCUT2D eigenvalue weighted by Crippen LogP contribution is 2.22. The molecular formula is C14H25N3. The summed E-state index contributed by atoms with van der Waals surface area (Å²) >= 11 is 0.